The Labute approximate surface area is 129 Å². The van der Waals surface area contributed by atoms with Crippen molar-refractivity contribution in [3.8, 4) is 11.8 Å². The van der Waals surface area contributed by atoms with E-state index < -0.39 is 5.54 Å². The molecule has 1 aliphatic rings. The Bertz CT molecular complexity index is 516. The van der Waals surface area contributed by atoms with Crippen LogP contribution in [0.25, 0.3) is 0 Å². The Morgan fingerprint density at radius 2 is 2.05 bits per heavy atom. The Morgan fingerprint density at radius 1 is 1.38 bits per heavy atom. The Morgan fingerprint density at radius 3 is 2.62 bits per heavy atom. The van der Waals surface area contributed by atoms with Crippen LogP contribution < -0.4 is 10.1 Å². The topological polar surface area (TPSA) is 62.1 Å². The van der Waals surface area contributed by atoms with Crippen molar-refractivity contribution in [3.05, 3.63) is 29.8 Å². The number of nitrogens with one attached hydrogen (secondary N) is 1. The first-order valence-corrected chi connectivity index (χ1v) is 8.26. The zero-order valence-corrected chi connectivity index (χ0v) is 13.0. The lowest BCUT2D eigenvalue weighted by Crippen LogP contribution is -2.49. The van der Waals surface area contributed by atoms with E-state index in [1.165, 1.54) is 0 Å². The third-order valence-electron chi connectivity index (χ3n) is 3.74. The summed E-state index contributed by atoms with van der Waals surface area (Å²) in [7, 11) is 1.63. The van der Waals surface area contributed by atoms with E-state index >= 15 is 0 Å². The van der Waals surface area contributed by atoms with Crippen LogP contribution in [0.3, 0.4) is 0 Å². The molecule has 0 aliphatic carbocycles. The van der Waals surface area contributed by atoms with Crippen LogP contribution >= 0.6 is 11.8 Å². The number of amides is 1. The zero-order valence-electron chi connectivity index (χ0n) is 12.2. The first kappa shape index (κ1) is 15.7. The molecule has 1 saturated heterocycles. The number of ether oxygens (including phenoxy) is 1. The summed E-state index contributed by atoms with van der Waals surface area (Å²) < 4.78 is 5.11. The molecule has 0 radical (unpaired) electrons. The SMILES string of the molecule is COc1ccc(CCC(=O)NC2(C#N)CCSCC2)cc1. The number of carbonyl (C=O) groups is 1. The van der Waals surface area contributed by atoms with Gasteiger partial charge in [0.1, 0.15) is 11.3 Å². The molecule has 1 aromatic carbocycles. The average molecular weight is 304 g/mol. The summed E-state index contributed by atoms with van der Waals surface area (Å²) in [6.45, 7) is 0. The van der Waals surface area contributed by atoms with Crippen molar-refractivity contribution in [1.82, 2.24) is 5.32 Å². The van der Waals surface area contributed by atoms with Crippen molar-refractivity contribution in [2.24, 2.45) is 0 Å². The van der Waals surface area contributed by atoms with E-state index in [9.17, 15) is 10.1 Å². The number of carbonyl (C=O) groups excluding carboxylic acids is 1. The minimum absolute atomic E-state index is 0.0423. The number of nitrogens with zero attached hydrogens (tertiary/aromatic N) is 1. The van der Waals surface area contributed by atoms with Crippen LogP contribution in [0.15, 0.2) is 24.3 Å². The summed E-state index contributed by atoms with van der Waals surface area (Å²) >= 11 is 1.84. The van der Waals surface area contributed by atoms with Gasteiger partial charge in [0, 0.05) is 6.42 Å². The number of methoxy groups -OCH3 is 1. The lowest BCUT2D eigenvalue weighted by molar-refractivity contribution is -0.122. The fourth-order valence-corrected chi connectivity index (χ4v) is 3.55. The monoisotopic (exact) mass is 304 g/mol. The third kappa shape index (κ3) is 4.40. The van der Waals surface area contributed by atoms with Crippen molar-refractivity contribution in [2.75, 3.05) is 18.6 Å². The largest absolute Gasteiger partial charge is 0.497 e. The van der Waals surface area contributed by atoms with E-state index in [0.29, 0.717) is 12.8 Å². The van der Waals surface area contributed by atoms with Gasteiger partial charge in [-0.15, -0.1) is 0 Å². The van der Waals surface area contributed by atoms with Gasteiger partial charge in [-0.05, 0) is 48.5 Å². The zero-order chi connectivity index (χ0) is 15.1. The number of thioether (sulfide) groups is 1. The Kier molecular flexibility index (Phi) is 5.51. The van der Waals surface area contributed by atoms with E-state index in [1.807, 2.05) is 36.0 Å². The van der Waals surface area contributed by atoms with E-state index in [1.54, 1.807) is 7.11 Å². The highest BCUT2D eigenvalue weighted by atomic mass is 32.2. The first-order valence-electron chi connectivity index (χ1n) is 7.10. The predicted molar refractivity (Wildman–Crippen MR) is 84.4 cm³/mol. The smallest absolute Gasteiger partial charge is 0.221 e. The highest BCUT2D eigenvalue weighted by Crippen LogP contribution is 2.26. The molecular formula is C16H20N2O2S. The molecule has 4 nitrogen and oxygen atoms in total. The van der Waals surface area contributed by atoms with Crippen molar-refractivity contribution in [3.63, 3.8) is 0 Å². The van der Waals surface area contributed by atoms with Crippen LogP contribution in [0.2, 0.25) is 0 Å². The van der Waals surface area contributed by atoms with Gasteiger partial charge in [-0.25, -0.2) is 0 Å². The second-order valence-corrected chi connectivity index (χ2v) is 6.43. The van der Waals surface area contributed by atoms with Crippen molar-refractivity contribution >= 4 is 17.7 Å². The number of rotatable bonds is 5. The molecule has 1 aliphatic heterocycles. The molecule has 0 aromatic heterocycles. The molecule has 1 heterocycles. The lowest BCUT2D eigenvalue weighted by Gasteiger charge is -2.31. The van der Waals surface area contributed by atoms with Gasteiger partial charge in [0.05, 0.1) is 13.2 Å². The summed E-state index contributed by atoms with van der Waals surface area (Å²) in [5.74, 6) is 2.64. The van der Waals surface area contributed by atoms with E-state index in [-0.39, 0.29) is 5.91 Å². The molecule has 1 N–H and O–H groups in total. The van der Waals surface area contributed by atoms with E-state index in [2.05, 4.69) is 11.4 Å². The van der Waals surface area contributed by atoms with Gasteiger partial charge >= 0.3 is 0 Å². The van der Waals surface area contributed by atoms with Crippen molar-refractivity contribution in [2.45, 2.75) is 31.2 Å². The minimum atomic E-state index is -0.651. The molecule has 112 valence electrons. The number of benzene rings is 1. The van der Waals surface area contributed by atoms with Crippen LogP contribution in [0.4, 0.5) is 0 Å². The molecule has 0 spiro atoms. The van der Waals surface area contributed by atoms with Crippen molar-refractivity contribution in [1.29, 1.82) is 5.26 Å². The first-order chi connectivity index (χ1) is 10.2. The molecule has 5 heteroatoms. The summed E-state index contributed by atoms with van der Waals surface area (Å²) in [6.07, 6.45) is 2.56. The quantitative estimate of drug-likeness (QED) is 0.908. The van der Waals surface area contributed by atoms with E-state index in [4.69, 9.17) is 4.74 Å². The number of nitriles is 1. The fraction of sp³-hybridized carbons (Fsp3) is 0.500. The van der Waals surface area contributed by atoms with Gasteiger partial charge in [-0.1, -0.05) is 12.1 Å². The number of aryl methyl sites for hydroxylation is 1. The predicted octanol–water partition coefficient (Wildman–Crippen LogP) is 2.53. The highest BCUT2D eigenvalue weighted by Gasteiger charge is 2.33. The minimum Gasteiger partial charge on any atom is -0.497 e. The lowest BCUT2D eigenvalue weighted by atomic mass is 9.93. The van der Waals surface area contributed by atoms with Gasteiger partial charge in [0.2, 0.25) is 5.91 Å². The molecule has 0 saturated carbocycles. The van der Waals surface area contributed by atoms with Crippen LogP contribution in [0.5, 0.6) is 5.75 Å². The molecule has 0 atom stereocenters. The Balaban J connectivity index is 1.85. The summed E-state index contributed by atoms with van der Waals surface area (Å²) in [5, 5.41) is 12.3. The maximum Gasteiger partial charge on any atom is 0.221 e. The summed E-state index contributed by atoms with van der Waals surface area (Å²) in [5.41, 5.74) is 0.443. The molecule has 0 bridgehead atoms. The van der Waals surface area contributed by atoms with Gasteiger partial charge in [-0.3, -0.25) is 4.79 Å². The second kappa shape index (κ2) is 7.37. The van der Waals surface area contributed by atoms with E-state index in [0.717, 1.165) is 35.7 Å². The number of hydrogen-bond donors (Lipinski definition) is 1. The standard InChI is InChI=1S/C16H20N2O2S/c1-20-14-5-2-13(3-6-14)4-7-15(19)18-16(12-17)8-10-21-11-9-16/h2-3,5-6H,4,7-11H2,1H3,(H,18,19). The Hall–Kier alpha value is -1.67. The van der Waals surface area contributed by atoms with Crippen LogP contribution in [-0.4, -0.2) is 30.1 Å². The van der Waals surface area contributed by atoms with Crippen LogP contribution in [0, 0.1) is 11.3 Å². The fourth-order valence-electron chi connectivity index (χ4n) is 2.36. The normalized spacial score (nSPS) is 16.8. The third-order valence-corrected chi connectivity index (χ3v) is 4.72. The van der Waals surface area contributed by atoms with Gasteiger partial charge in [0.15, 0.2) is 0 Å². The summed E-state index contributed by atoms with van der Waals surface area (Å²) in [6, 6.07) is 10.0. The number of hydrogen-bond acceptors (Lipinski definition) is 4. The maximum absolute atomic E-state index is 12.1. The molecule has 21 heavy (non-hydrogen) atoms. The molecule has 1 amide bonds. The van der Waals surface area contributed by atoms with Crippen molar-refractivity contribution < 1.29 is 9.53 Å². The van der Waals surface area contributed by atoms with Crippen LogP contribution in [-0.2, 0) is 11.2 Å². The molecule has 1 aromatic rings. The highest BCUT2D eigenvalue weighted by molar-refractivity contribution is 7.99. The van der Waals surface area contributed by atoms with Gasteiger partial charge in [-0.2, -0.15) is 17.0 Å². The second-order valence-electron chi connectivity index (χ2n) is 5.20. The van der Waals surface area contributed by atoms with Gasteiger partial charge < -0.3 is 10.1 Å². The van der Waals surface area contributed by atoms with Gasteiger partial charge in [0.25, 0.3) is 0 Å². The maximum atomic E-state index is 12.1. The molecular weight excluding hydrogens is 284 g/mol. The summed E-state index contributed by atoms with van der Waals surface area (Å²) in [4.78, 5) is 12.1. The average Bonchev–Trinajstić information content (AvgIpc) is 2.54. The molecule has 2 rings (SSSR count). The molecule has 0 unspecified atom stereocenters. The van der Waals surface area contributed by atoms with Crippen LogP contribution in [0.1, 0.15) is 24.8 Å². The molecule has 1 fully saturated rings.